The number of rotatable bonds is 4. The lowest BCUT2D eigenvalue weighted by atomic mass is 9.44. The van der Waals surface area contributed by atoms with Crippen LogP contribution in [0.15, 0.2) is 24.4 Å². The van der Waals surface area contributed by atoms with Gasteiger partial charge in [0.05, 0.1) is 23.7 Å². The van der Waals surface area contributed by atoms with Crippen LogP contribution in [0.25, 0.3) is 10.9 Å². The first kappa shape index (κ1) is 27.0. The fourth-order valence-electron chi connectivity index (χ4n) is 7.13. The number of alkyl halides is 2. The average molecular weight is 552 g/mol. The molecule has 12 heteroatoms. The maximum atomic E-state index is 15.5. The number of anilines is 1. The first-order valence-corrected chi connectivity index (χ1v) is 14.8. The molecule has 208 valence electrons. The molecular formula is C26H35F2N5O4S. The van der Waals surface area contributed by atoms with Gasteiger partial charge in [0, 0.05) is 37.3 Å². The molecule has 1 saturated carbocycles. The van der Waals surface area contributed by atoms with Crippen LogP contribution in [0.1, 0.15) is 51.5 Å². The smallest absolute Gasteiger partial charge is 0.407 e. The monoisotopic (exact) mass is 551 g/mol. The second kappa shape index (κ2) is 8.97. The van der Waals surface area contributed by atoms with E-state index in [2.05, 4.69) is 10.3 Å². The van der Waals surface area contributed by atoms with Gasteiger partial charge < -0.3 is 15.3 Å². The quantitative estimate of drug-likeness (QED) is 0.584. The summed E-state index contributed by atoms with van der Waals surface area (Å²) in [6.07, 6.45) is 3.06. The summed E-state index contributed by atoms with van der Waals surface area (Å²) in [7, 11) is -3.22. The number of para-hydroxylation sites is 1. The Kier molecular flexibility index (Phi) is 6.37. The predicted molar refractivity (Wildman–Crippen MR) is 140 cm³/mol. The van der Waals surface area contributed by atoms with Gasteiger partial charge in [-0.05, 0) is 42.1 Å². The van der Waals surface area contributed by atoms with Crippen LogP contribution in [0.2, 0.25) is 0 Å². The SMILES string of the molecule is CC(C)(C)C1C(c2cccc3cnc(NC4CCN(S(C)(=O)=O)CC4)nc23)CC12CN(C(=O)O)CC2(F)F. The van der Waals surface area contributed by atoms with E-state index in [4.69, 9.17) is 4.98 Å². The zero-order valence-electron chi connectivity index (χ0n) is 22.1. The Morgan fingerprint density at radius 1 is 1.18 bits per heavy atom. The van der Waals surface area contributed by atoms with Crippen molar-refractivity contribution in [3.63, 3.8) is 0 Å². The van der Waals surface area contributed by atoms with E-state index in [1.54, 1.807) is 6.20 Å². The number of amides is 1. The highest BCUT2D eigenvalue weighted by Crippen LogP contribution is 2.70. The van der Waals surface area contributed by atoms with Crippen LogP contribution < -0.4 is 5.32 Å². The topological polar surface area (TPSA) is 116 Å². The molecule has 3 unspecified atom stereocenters. The maximum absolute atomic E-state index is 15.5. The van der Waals surface area contributed by atoms with Crippen molar-refractivity contribution >= 4 is 33.0 Å². The number of nitrogens with one attached hydrogen (secondary N) is 1. The molecule has 1 aromatic heterocycles. The van der Waals surface area contributed by atoms with Crippen molar-refractivity contribution in [1.82, 2.24) is 19.2 Å². The molecule has 3 fully saturated rings. The Morgan fingerprint density at radius 3 is 2.45 bits per heavy atom. The zero-order chi connectivity index (χ0) is 27.7. The molecule has 3 heterocycles. The largest absolute Gasteiger partial charge is 0.465 e. The highest BCUT2D eigenvalue weighted by atomic mass is 32.2. The van der Waals surface area contributed by atoms with E-state index in [1.165, 1.54) is 10.6 Å². The summed E-state index contributed by atoms with van der Waals surface area (Å²) in [5.41, 5.74) is -0.345. The average Bonchev–Trinajstić information content (AvgIpc) is 3.08. The molecule has 1 spiro atoms. The minimum absolute atomic E-state index is 0.0195. The van der Waals surface area contributed by atoms with E-state index in [9.17, 15) is 18.3 Å². The molecule has 3 aliphatic rings. The number of piperidine rings is 1. The molecule has 2 N–H and O–H groups in total. The van der Waals surface area contributed by atoms with Crippen LogP contribution in [0.5, 0.6) is 0 Å². The molecule has 9 nitrogen and oxygen atoms in total. The van der Waals surface area contributed by atoms with Crippen LogP contribution in [-0.2, 0) is 10.0 Å². The van der Waals surface area contributed by atoms with Crippen molar-refractivity contribution in [3.8, 4) is 0 Å². The lowest BCUT2D eigenvalue weighted by molar-refractivity contribution is -0.198. The summed E-state index contributed by atoms with van der Waals surface area (Å²) >= 11 is 0. The van der Waals surface area contributed by atoms with Gasteiger partial charge in [0.1, 0.15) is 0 Å². The van der Waals surface area contributed by atoms with Gasteiger partial charge in [-0.3, -0.25) is 0 Å². The third kappa shape index (κ3) is 4.49. The summed E-state index contributed by atoms with van der Waals surface area (Å²) in [5, 5.41) is 13.6. The number of fused-ring (bicyclic) bond motifs is 1. The lowest BCUT2D eigenvalue weighted by Crippen LogP contribution is -2.61. The minimum Gasteiger partial charge on any atom is -0.465 e. The Bertz CT molecular complexity index is 1360. The number of nitrogens with zero attached hydrogens (tertiary/aromatic N) is 4. The standard InChI is InChI=1S/C26H35F2N5O4S/c1-24(2,3)21-19(12-25(21)14-32(23(34)35)15-26(25,27)28)18-7-5-6-16-13-29-22(31-20(16)18)30-17-8-10-33(11-9-17)38(4,36)37/h5-7,13,17,19,21H,8-12,14-15H2,1-4H3,(H,34,35)(H,29,30,31). The molecule has 2 aromatic rings. The molecule has 0 bridgehead atoms. The minimum atomic E-state index is -3.22. The van der Waals surface area contributed by atoms with Crippen LogP contribution >= 0.6 is 0 Å². The molecule has 1 aromatic carbocycles. The second-order valence-corrected chi connectivity index (χ2v) is 14.2. The molecule has 0 radical (unpaired) electrons. The van der Waals surface area contributed by atoms with E-state index >= 15 is 8.78 Å². The Balaban J connectivity index is 1.44. The van der Waals surface area contributed by atoms with Gasteiger partial charge in [-0.15, -0.1) is 0 Å². The molecule has 3 atom stereocenters. The summed E-state index contributed by atoms with van der Waals surface area (Å²) in [6, 6.07) is 5.73. The van der Waals surface area contributed by atoms with Crippen molar-refractivity contribution in [1.29, 1.82) is 0 Å². The second-order valence-electron chi connectivity index (χ2n) is 12.2. The number of hydrogen-bond acceptors (Lipinski definition) is 6. The summed E-state index contributed by atoms with van der Waals surface area (Å²) in [5.74, 6) is -3.36. The molecule has 1 aliphatic carbocycles. The first-order chi connectivity index (χ1) is 17.6. The zero-order valence-corrected chi connectivity index (χ0v) is 22.9. The van der Waals surface area contributed by atoms with Crippen LogP contribution in [0.4, 0.5) is 19.5 Å². The number of hydrogen-bond donors (Lipinski definition) is 2. The van der Waals surface area contributed by atoms with E-state index in [-0.39, 0.29) is 24.9 Å². The molecule has 1 amide bonds. The number of likely N-dealkylation sites (tertiary alicyclic amines) is 1. The number of benzene rings is 1. The van der Waals surface area contributed by atoms with Gasteiger partial charge in [0.15, 0.2) is 0 Å². The summed E-state index contributed by atoms with van der Waals surface area (Å²) in [6.45, 7) is 5.74. The molecule has 5 rings (SSSR count). The number of sulfonamides is 1. The third-order valence-electron chi connectivity index (χ3n) is 8.67. The Labute approximate surface area is 221 Å². The van der Waals surface area contributed by atoms with Gasteiger partial charge in [-0.25, -0.2) is 36.3 Å². The van der Waals surface area contributed by atoms with Crippen LogP contribution in [-0.4, -0.2) is 83.2 Å². The molecular weight excluding hydrogens is 516 g/mol. The Hall–Kier alpha value is -2.60. The van der Waals surface area contributed by atoms with Gasteiger partial charge in [-0.1, -0.05) is 39.0 Å². The lowest BCUT2D eigenvalue weighted by Gasteiger charge is -2.60. The summed E-state index contributed by atoms with van der Waals surface area (Å²) in [4.78, 5) is 21.7. The van der Waals surface area contributed by atoms with Crippen LogP contribution in [0.3, 0.4) is 0 Å². The van der Waals surface area contributed by atoms with E-state index in [0.717, 1.165) is 15.8 Å². The van der Waals surface area contributed by atoms with Gasteiger partial charge in [0.2, 0.25) is 16.0 Å². The fourth-order valence-corrected chi connectivity index (χ4v) is 8.00. The van der Waals surface area contributed by atoms with E-state index in [0.29, 0.717) is 37.4 Å². The van der Waals surface area contributed by atoms with Gasteiger partial charge >= 0.3 is 6.09 Å². The third-order valence-corrected chi connectivity index (χ3v) is 9.98. The first-order valence-electron chi connectivity index (χ1n) is 13.0. The van der Waals surface area contributed by atoms with Crippen molar-refractivity contribution in [2.45, 2.75) is 57.9 Å². The molecule has 2 saturated heterocycles. The highest BCUT2D eigenvalue weighted by molar-refractivity contribution is 7.88. The van der Waals surface area contributed by atoms with Crippen molar-refractivity contribution < 1.29 is 27.1 Å². The van der Waals surface area contributed by atoms with E-state index < -0.39 is 45.3 Å². The normalized spacial score (nSPS) is 28.5. The number of carbonyl (C=O) groups is 1. The molecule has 38 heavy (non-hydrogen) atoms. The number of carboxylic acid groups (broad SMARTS) is 1. The van der Waals surface area contributed by atoms with Crippen molar-refractivity contribution in [2.24, 2.45) is 16.7 Å². The maximum Gasteiger partial charge on any atom is 0.407 e. The number of halogens is 2. The van der Waals surface area contributed by atoms with Crippen LogP contribution in [0, 0.1) is 16.7 Å². The fraction of sp³-hybridized carbons (Fsp3) is 0.654. The molecule has 2 aliphatic heterocycles. The van der Waals surface area contributed by atoms with Crippen molar-refractivity contribution in [2.75, 3.05) is 37.8 Å². The van der Waals surface area contributed by atoms with Gasteiger partial charge in [0.25, 0.3) is 5.92 Å². The number of aromatic nitrogens is 2. The predicted octanol–water partition coefficient (Wildman–Crippen LogP) is 4.23. The van der Waals surface area contributed by atoms with E-state index in [1.807, 2.05) is 39.0 Å². The highest BCUT2D eigenvalue weighted by Gasteiger charge is 2.73. The summed E-state index contributed by atoms with van der Waals surface area (Å²) < 4.78 is 56.1. The van der Waals surface area contributed by atoms with Gasteiger partial charge in [-0.2, -0.15) is 0 Å². The van der Waals surface area contributed by atoms with Crippen molar-refractivity contribution in [3.05, 3.63) is 30.0 Å². The Morgan fingerprint density at radius 2 is 1.87 bits per heavy atom.